The largest absolute Gasteiger partial charge is 0.449 e. The number of alkyl carbamates (subject to hydrolysis) is 2. The van der Waals surface area contributed by atoms with Crippen LogP contribution in [0.3, 0.4) is 0 Å². The molecular formula is C26H46N4O8S3. The standard InChI is InChI=1S/C26H46N4O8S3/c1-12-36-22(34)30(16(2)31)15-17-13-25(35,26(39-9,40-10)41-11)14-18(17)27-19(28-20(32)37-23(3,4)5)29-21(33)38-24(6,7)8/h17-18,35H,12-15H2,1-11H3,(H2,27,28,29,32,33)/t17-,18+,25?/m0/s1. The minimum absolute atomic E-state index is 0.0805. The fraction of sp³-hybridized carbons (Fsp3) is 0.808. The minimum atomic E-state index is -1.30. The van der Waals surface area contributed by atoms with Crippen molar-refractivity contribution in [2.75, 3.05) is 31.9 Å². The van der Waals surface area contributed by atoms with E-state index < -0.39 is 56.4 Å². The van der Waals surface area contributed by atoms with Crippen LogP contribution in [0, 0.1) is 5.92 Å². The Morgan fingerprint density at radius 1 is 0.927 bits per heavy atom. The first-order valence-electron chi connectivity index (χ1n) is 13.2. The molecule has 1 aliphatic rings. The zero-order chi connectivity index (χ0) is 31.8. The molecule has 0 saturated heterocycles. The number of carbonyl (C=O) groups excluding carboxylic acids is 4. The van der Waals surface area contributed by atoms with Crippen LogP contribution in [-0.4, -0.2) is 98.3 Å². The molecule has 0 spiro atoms. The number of imide groups is 1. The smallest absolute Gasteiger partial charge is 0.416 e. The molecule has 0 radical (unpaired) electrons. The number of hydrogen-bond acceptors (Lipinski definition) is 12. The van der Waals surface area contributed by atoms with E-state index in [1.54, 1.807) is 48.5 Å². The highest BCUT2D eigenvalue weighted by Crippen LogP contribution is 2.58. The third-order valence-electron chi connectivity index (χ3n) is 5.89. The normalized spacial score (nSPS) is 21.0. The summed E-state index contributed by atoms with van der Waals surface area (Å²) < 4.78 is 15.1. The average Bonchev–Trinajstić information content (AvgIpc) is 3.12. The number of rotatable bonds is 8. The van der Waals surface area contributed by atoms with Gasteiger partial charge in [-0.3, -0.25) is 15.4 Å². The summed E-state index contributed by atoms with van der Waals surface area (Å²) in [5, 5.41) is 17.0. The van der Waals surface area contributed by atoms with Gasteiger partial charge in [-0.25, -0.2) is 24.3 Å². The number of hydrogen-bond donors (Lipinski definition) is 3. The van der Waals surface area contributed by atoms with Crippen LogP contribution >= 0.6 is 35.3 Å². The zero-order valence-corrected chi connectivity index (χ0v) is 28.4. The molecule has 1 aliphatic carbocycles. The monoisotopic (exact) mass is 638 g/mol. The molecule has 3 atom stereocenters. The summed E-state index contributed by atoms with van der Waals surface area (Å²) in [5.41, 5.74) is -2.95. The predicted octanol–water partition coefficient (Wildman–Crippen LogP) is 4.65. The summed E-state index contributed by atoms with van der Waals surface area (Å²) in [6.07, 6.45) is 3.47. The van der Waals surface area contributed by atoms with Crippen molar-refractivity contribution in [1.29, 1.82) is 0 Å². The third kappa shape index (κ3) is 11.1. The van der Waals surface area contributed by atoms with Gasteiger partial charge in [-0.15, -0.1) is 35.3 Å². The van der Waals surface area contributed by atoms with Gasteiger partial charge >= 0.3 is 18.3 Å². The summed E-state index contributed by atoms with van der Waals surface area (Å²) in [6, 6.07) is -0.734. The molecule has 0 bridgehead atoms. The van der Waals surface area contributed by atoms with E-state index in [0.717, 1.165) is 4.90 Å². The van der Waals surface area contributed by atoms with Gasteiger partial charge in [0.2, 0.25) is 11.9 Å². The number of carbonyl (C=O) groups is 4. The maximum absolute atomic E-state index is 12.7. The van der Waals surface area contributed by atoms with E-state index in [2.05, 4.69) is 15.6 Å². The SMILES string of the molecule is CCOC(=O)N(C[C@@H]1CC(O)(C(SC)(SC)SC)C[C@H]1N=C(NC(=O)OC(C)(C)C)NC(=O)OC(C)(C)C)C(C)=O. The Morgan fingerprint density at radius 3 is 1.76 bits per heavy atom. The van der Waals surface area contributed by atoms with Crippen LogP contribution in [-0.2, 0) is 19.0 Å². The van der Waals surface area contributed by atoms with E-state index in [1.807, 2.05) is 18.8 Å². The Balaban J connectivity index is 3.61. The van der Waals surface area contributed by atoms with Crippen molar-refractivity contribution in [1.82, 2.24) is 15.5 Å². The minimum Gasteiger partial charge on any atom is -0.449 e. The molecule has 0 aromatic carbocycles. The quantitative estimate of drug-likeness (QED) is 0.147. The fourth-order valence-electron chi connectivity index (χ4n) is 4.40. The second kappa shape index (κ2) is 15.1. The zero-order valence-electron chi connectivity index (χ0n) is 25.9. The number of nitrogens with zero attached hydrogens (tertiary/aromatic N) is 2. The molecule has 0 aromatic rings. The number of amides is 4. The van der Waals surface area contributed by atoms with Crippen LogP contribution in [0.1, 0.15) is 68.2 Å². The van der Waals surface area contributed by atoms with Crippen LogP contribution in [0.4, 0.5) is 14.4 Å². The van der Waals surface area contributed by atoms with Gasteiger partial charge in [0.05, 0.1) is 12.6 Å². The van der Waals surface area contributed by atoms with Gasteiger partial charge in [0.15, 0.2) is 0 Å². The highest BCUT2D eigenvalue weighted by atomic mass is 32.3. The van der Waals surface area contributed by atoms with Crippen LogP contribution in [0.25, 0.3) is 0 Å². The molecule has 4 amide bonds. The van der Waals surface area contributed by atoms with Gasteiger partial charge in [-0.05, 0) is 73.7 Å². The molecular weight excluding hydrogens is 593 g/mol. The summed E-state index contributed by atoms with van der Waals surface area (Å²) >= 11 is 4.46. The first-order chi connectivity index (χ1) is 18.7. The summed E-state index contributed by atoms with van der Waals surface area (Å²) in [7, 11) is 0. The van der Waals surface area contributed by atoms with Gasteiger partial charge in [0, 0.05) is 25.8 Å². The van der Waals surface area contributed by atoms with Gasteiger partial charge < -0.3 is 19.3 Å². The van der Waals surface area contributed by atoms with Crippen molar-refractivity contribution in [3.8, 4) is 0 Å². The predicted molar refractivity (Wildman–Crippen MR) is 165 cm³/mol. The molecule has 1 rings (SSSR count). The topological polar surface area (TPSA) is 156 Å². The molecule has 1 fully saturated rings. The lowest BCUT2D eigenvalue weighted by molar-refractivity contribution is -0.127. The van der Waals surface area contributed by atoms with Crippen molar-refractivity contribution in [3.05, 3.63) is 0 Å². The van der Waals surface area contributed by atoms with E-state index in [1.165, 1.54) is 42.2 Å². The third-order valence-corrected chi connectivity index (χ3v) is 11.6. The maximum atomic E-state index is 12.7. The molecule has 236 valence electrons. The van der Waals surface area contributed by atoms with E-state index in [-0.39, 0.29) is 32.0 Å². The lowest BCUT2D eigenvalue weighted by atomic mass is 10.0. The highest BCUT2D eigenvalue weighted by Gasteiger charge is 2.57. The summed E-state index contributed by atoms with van der Waals surface area (Å²) in [5.74, 6) is -1.32. The van der Waals surface area contributed by atoms with Crippen LogP contribution < -0.4 is 10.6 Å². The Morgan fingerprint density at radius 2 is 1.39 bits per heavy atom. The van der Waals surface area contributed by atoms with E-state index in [4.69, 9.17) is 14.2 Å². The Kier molecular flexibility index (Phi) is 13.7. The number of nitrogens with one attached hydrogen (secondary N) is 2. The summed E-state index contributed by atoms with van der Waals surface area (Å²) in [4.78, 5) is 56.0. The number of guanidine groups is 1. The first-order valence-corrected chi connectivity index (χ1v) is 16.8. The molecule has 12 nitrogen and oxygen atoms in total. The van der Waals surface area contributed by atoms with Gasteiger partial charge in [-0.1, -0.05) is 0 Å². The van der Waals surface area contributed by atoms with Crippen molar-refractivity contribution in [3.63, 3.8) is 0 Å². The van der Waals surface area contributed by atoms with Gasteiger partial charge in [0.25, 0.3) is 0 Å². The lowest BCUT2D eigenvalue weighted by Crippen LogP contribution is -2.48. The van der Waals surface area contributed by atoms with Gasteiger partial charge in [-0.2, -0.15) is 0 Å². The maximum Gasteiger partial charge on any atom is 0.416 e. The molecule has 3 N–H and O–H groups in total. The Labute approximate surface area is 256 Å². The van der Waals surface area contributed by atoms with E-state index in [9.17, 15) is 24.3 Å². The van der Waals surface area contributed by atoms with Crippen molar-refractivity contribution in [2.45, 2.75) is 94.5 Å². The lowest BCUT2D eigenvalue weighted by Gasteiger charge is -2.42. The second-order valence-electron chi connectivity index (χ2n) is 11.5. The van der Waals surface area contributed by atoms with Crippen LogP contribution in [0.5, 0.6) is 0 Å². The van der Waals surface area contributed by atoms with E-state index in [0.29, 0.717) is 0 Å². The average molecular weight is 639 g/mol. The van der Waals surface area contributed by atoms with Crippen LogP contribution in [0.15, 0.2) is 4.99 Å². The molecule has 41 heavy (non-hydrogen) atoms. The number of thioether (sulfide) groups is 3. The Hall–Kier alpha value is -1.84. The number of aliphatic hydroxyl groups is 1. The molecule has 0 aliphatic heterocycles. The van der Waals surface area contributed by atoms with Crippen molar-refractivity contribution in [2.24, 2.45) is 10.9 Å². The Bertz CT molecular complexity index is 938. The summed E-state index contributed by atoms with van der Waals surface area (Å²) in [6.45, 7) is 13.0. The van der Waals surface area contributed by atoms with Crippen LogP contribution in [0.2, 0.25) is 0 Å². The highest BCUT2D eigenvalue weighted by molar-refractivity contribution is 8.33. The second-order valence-corrected chi connectivity index (χ2v) is 15.3. The molecule has 0 aromatic heterocycles. The molecule has 1 unspecified atom stereocenters. The number of aliphatic imine (C=N–C) groups is 1. The molecule has 1 saturated carbocycles. The van der Waals surface area contributed by atoms with E-state index >= 15 is 0 Å². The molecule has 15 heteroatoms. The fourth-order valence-corrected chi connectivity index (χ4v) is 8.04. The van der Waals surface area contributed by atoms with Crippen molar-refractivity contribution < 1.29 is 38.5 Å². The van der Waals surface area contributed by atoms with Gasteiger partial charge in [0.1, 0.15) is 20.2 Å². The molecule has 0 heterocycles. The van der Waals surface area contributed by atoms with Crippen molar-refractivity contribution >= 4 is 65.4 Å². The first kappa shape index (κ1) is 37.2. The number of ether oxygens (including phenoxy) is 3.